The van der Waals surface area contributed by atoms with Crippen molar-refractivity contribution in [2.45, 2.75) is 12.5 Å². The van der Waals surface area contributed by atoms with Gasteiger partial charge in [-0.15, -0.1) is 0 Å². The molecule has 1 atom stereocenters. The lowest BCUT2D eigenvalue weighted by molar-refractivity contribution is 0.182. The number of carbonyl (C=O) groups excluding carboxylic acids is 1. The summed E-state index contributed by atoms with van der Waals surface area (Å²) in [6, 6.07) is 21.4. The summed E-state index contributed by atoms with van der Waals surface area (Å²) >= 11 is 0. The largest absolute Gasteiger partial charge is 0.458 e. The minimum Gasteiger partial charge on any atom is -0.458 e. The van der Waals surface area contributed by atoms with E-state index in [0.717, 1.165) is 17.8 Å². The van der Waals surface area contributed by atoms with Crippen LogP contribution in [-0.2, 0) is 0 Å². The molecule has 2 aromatic carbocycles. The van der Waals surface area contributed by atoms with Gasteiger partial charge in [0.05, 0.1) is 17.9 Å². The molecule has 0 bridgehead atoms. The van der Waals surface area contributed by atoms with Gasteiger partial charge in [-0.3, -0.25) is 4.90 Å². The summed E-state index contributed by atoms with van der Waals surface area (Å²) in [7, 11) is 0. The summed E-state index contributed by atoms with van der Waals surface area (Å²) in [5.41, 5.74) is 1.67. The van der Waals surface area contributed by atoms with Gasteiger partial charge in [-0.25, -0.2) is 14.8 Å². The number of anilines is 2. The minimum atomic E-state index is -0.107. The zero-order valence-electron chi connectivity index (χ0n) is 14.8. The second-order valence-corrected chi connectivity index (χ2v) is 6.29. The first-order valence-electron chi connectivity index (χ1n) is 8.94. The van der Waals surface area contributed by atoms with Crippen molar-refractivity contribution in [2.75, 3.05) is 18.0 Å². The smallest absolute Gasteiger partial charge is 0.329 e. The Morgan fingerprint density at radius 2 is 1.52 bits per heavy atom. The molecular formula is C21H20N4O2. The third kappa shape index (κ3) is 3.89. The van der Waals surface area contributed by atoms with Gasteiger partial charge in [-0.1, -0.05) is 36.4 Å². The predicted octanol–water partition coefficient (Wildman–Crippen LogP) is 3.89. The number of aromatic nitrogens is 2. The second kappa shape index (κ2) is 7.86. The first kappa shape index (κ1) is 17.0. The summed E-state index contributed by atoms with van der Waals surface area (Å²) in [5.74, 6) is 0. The fraction of sp³-hybridized carbons (Fsp3) is 0.190. The van der Waals surface area contributed by atoms with Gasteiger partial charge in [0.2, 0.25) is 0 Å². The van der Waals surface area contributed by atoms with Crippen LogP contribution in [0.5, 0.6) is 6.01 Å². The van der Waals surface area contributed by atoms with Gasteiger partial charge in [-0.05, 0) is 30.3 Å². The molecule has 0 spiro atoms. The number of benzene rings is 2. The lowest BCUT2D eigenvalue weighted by Gasteiger charge is -2.28. The van der Waals surface area contributed by atoms with Crippen molar-refractivity contribution in [3.63, 3.8) is 0 Å². The zero-order chi connectivity index (χ0) is 18.5. The van der Waals surface area contributed by atoms with Crippen LogP contribution < -0.4 is 9.64 Å². The lowest BCUT2D eigenvalue weighted by Crippen LogP contribution is -2.40. The standard InChI is InChI=1S/C21H20N4O2/c26-21(24-15-12-19(16-24)27-20-22-13-7-14-23-20)25(17-8-3-1-4-9-17)18-10-5-2-6-11-18/h1-11,13-14,19H,12,15-16H2. The molecule has 0 saturated carbocycles. The summed E-state index contributed by atoms with van der Waals surface area (Å²) < 4.78 is 5.81. The van der Waals surface area contributed by atoms with Crippen LogP contribution in [0, 0.1) is 0 Å². The Bertz CT molecular complexity index is 835. The Balaban J connectivity index is 1.52. The van der Waals surface area contributed by atoms with E-state index in [0.29, 0.717) is 19.1 Å². The number of hydrogen-bond donors (Lipinski definition) is 0. The van der Waals surface area contributed by atoms with E-state index in [1.807, 2.05) is 65.6 Å². The number of carbonyl (C=O) groups is 1. The summed E-state index contributed by atoms with van der Waals surface area (Å²) in [5, 5.41) is 0. The summed E-state index contributed by atoms with van der Waals surface area (Å²) in [6.45, 7) is 1.14. The number of likely N-dealkylation sites (tertiary alicyclic amines) is 1. The highest BCUT2D eigenvalue weighted by Crippen LogP contribution is 2.28. The molecule has 1 fully saturated rings. The molecular weight excluding hydrogens is 340 g/mol. The summed E-state index contributed by atoms with van der Waals surface area (Å²) in [6.07, 6.45) is 3.94. The average Bonchev–Trinajstić information content (AvgIpc) is 3.19. The van der Waals surface area contributed by atoms with Crippen LogP contribution in [0.1, 0.15) is 6.42 Å². The maximum Gasteiger partial charge on any atom is 0.329 e. The third-order valence-corrected chi connectivity index (χ3v) is 4.45. The van der Waals surface area contributed by atoms with Gasteiger partial charge in [-0.2, -0.15) is 0 Å². The maximum atomic E-state index is 13.3. The zero-order valence-corrected chi connectivity index (χ0v) is 14.8. The van der Waals surface area contributed by atoms with Crippen molar-refractivity contribution in [3.05, 3.63) is 79.1 Å². The number of urea groups is 1. The van der Waals surface area contributed by atoms with Crippen LogP contribution in [0.25, 0.3) is 0 Å². The van der Waals surface area contributed by atoms with Crippen molar-refractivity contribution in [1.29, 1.82) is 0 Å². The summed E-state index contributed by atoms with van der Waals surface area (Å²) in [4.78, 5) is 25.1. The molecule has 1 unspecified atom stereocenters. The van der Waals surface area contributed by atoms with Crippen LogP contribution in [0.15, 0.2) is 79.1 Å². The highest BCUT2D eigenvalue weighted by atomic mass is 16.5. The molecule has 1 saturated heterocycles. The molecule has 0 radical (unpaired) electrons. The van der Waals surface area contributed by atoms with Crippen LogP contribution in [0.3, 0.4) is 0 Å². The Hall–Kier alpha value is -3.41. The second-order valence-electron chi connectivity index (χ2n) is 6.29. The van der Waals surface area contributed by atoms with E-state index in [-0.39, 0.29) is 12.1 Å². The van der Waals surface area contributed by atoms with Crippen molar-refractivity contribution < 1.29 is 9.53 Å². The van der Waals surface area contributed by atoms with Gasteiger partial charge >= 0.3 is 12.0 Å². The Labute approximate surface area is 158 Å². The highest BCUT2D eigenvalue weighted by Gasteiger charge is 2.32. The van der Waals surface area contributed by atoms with Crippen LogP contribution in [0.2, 0.25) is 0 Å². The molecule has 6 nitrogen and oxygen atoms in total. The molecule has 2 amide bonds. The van der Waals surface area contributed by atoms with Crippen molar-refractivity contribution >= 4 is 17.4 Å². The Kier molecular flexibility index (Phi) is 4.96. The normalized spacial score (nSPS) is 16.1. The monoisotopic (exact) mass is 360 g/mol. The average molecular weight is 360 g/mol. The SMILES string of the molecule is O=C(N1CCC(Oc2ncccn2)C1)N(c1ccccc1)c1ccccc1. The van der Waals surface area contributed by atoms with E-state index in [9.17, 15) is 4.79 Å². The molecule has 1 aliphatic heterocycles. The number of nitrogens with zero attached hydrogens (tertiary/aromatic N) is 4. The first-order valence-corrected chi connectivity index (χ1v) is 8.94. The minimum absolute atomic E-state index is 0.0625. The highest BCUT2D eigenvalue weighted by molar-refractivity contribution is 5.99. The third-order valence-electron chi connectivity index (χ3n) is 4.45. The van der Waals surface area contributed by atoms with Crippen molar-refractivity contribution in [1.82, 2.24) is 14.9 Å². The van der Waals surface area contributed by atoms with E-state index < -0.39 is 0 Å². The molecule has 0 aliphatic carbocycles. The number of ether oxygens (including phenoxy) is 1. The maximum absolute atomic E-state index is 13.3. The molecule has 6 heteroatoms. The first-order chi connectivity index (χ1) is 13.3. The van der Waals surface area contributed by atoms with Crippen molar-refractivity contribution in [3.8, 4) is 6.01 Å². The van der Waals surface area contributed by atoms with E-state index in [2.05, 4.69) is 9.97 Å². The van der Waals surface area contributed by atoms with Crippen LogP contribution >= 0.6 is 0 Å². The van der Waals surface area contributed by atoms with E-state index in [1.54, 1.807) is 23.4 Å². The quantitative estimate of drug-likeness (QED) is 0.708. The van der Waals surface area contributed by atoms with E-state index in [1.165, 1.54) is 0 Å². The predicted molar refractivity (Wildman–Crippen MR) is 103 cm³/mol. The Morgan fingerprint density at radius 1 is 0.926 bits per heavy atom. The van der Waals surface area contributed by atoms with Crippen molar-refractivity contribution in [2.24, 2.45) is 0 Å². The molecule has 3 aromatic rings. The fourth-order valence-corrected chi connectivity index (χ4v) is 3.16. The number of hydrogen-bond acceptors (Lipinski definition) is 4. The topological polar surface area (TPSA) is 58.6 Å². The van der Waals surface area contributed by atoms with Crippen LogP contribution in [0.4, 0.5) is 16.2 Å². The lowest BCUT2D eigenvalue weighted by atomic mass is 10.2. The van der Waals surface area contributed by atoms with Gasteiger partial charge < -0.3 is 9.64 Å². The molecule has 1 aromatic heterocycles. The molecule has 27 heavy (non-hydrogen) atoms. The van der Waals surface area contributed by atoms with Gasteiger partial charge in [0.15, 0.2) is 0 Å². The Morgan fingerprint density at radius 3 is 2.11 bits per heavy atom. The van der Waals surface area contributed by atoms with E-state index in [4.69, 9.17) is 4.74 Å². The fourth-order valence-electron chi connectivity index (χ4n) is 3.16. The number of rotatable bonds is 4. The molecule has 0 N–H and O–H groups in total. The van der Waals surface area contributed by atoms with Gasteiger partial charge in [0.25, 0.3) is 0 Å². The van der Waals surface area contributed by atoms with E-state index >= 15 is 0 Å². The van der Waals surface area contributed by atoms with Gasteiger partial charge in [0, 0.05) is 25.4 Å². The van der Waals surface area contributed by atoms with Crippen LogP contribution in [-0.4, -0.2) is 40.1 Å². The molecule has 1 aliphatic rings. The number of para-hydroxylation sites is 2. The number of amides is 2. The molecule has 136 valence electrons. The molecule has 2 heterocycles. The van der Waals surface area contributed by atoms with Gasteiger partial charge in [0.1, 0.15) is 6.10 Å². The molecule has 4 rings (SSSR count).